The van der Waals surface area contributed by atoms with Crippen LogP contribution < -0.4 is 10.9 Å². The zero-order chi connectivity index (χ0) is 23.6. The summed E-state index contributed by atoms with van der Waals surface area (Å²) in [5.74, 6) is -2.26. The average Bonchev–Trinajstić information content (AvgIpc) is 2.76. The molecule has 0 aliphatic heterocycles. The molecule has 1 aromatic carbocycles. The van der Waals surface area contributed by atoms with Crippen molar-refractivity contribution in [1.29, 1.82) is 0 Å². The molecule has 0 aliphatic carbocycles. The molecule has 0 atom stereocenters. The second kappa shape index (κ2) is 9.15. The lowest BCUT2D eigenvalue weighted by molar-refractivity contribution is 0.0825. The number of carbonyl (C=O) groups excluding carboxylic acids is 2. The van der Waals surface area contributed by atoms with E-state index >= 15 is 0 Å². The van der Waals surface area contributed by atoms with Crippen LogP contribution in [0.15, 0.2) is 35.3 Å². The minimum Gasteiger partial charge on any atom is -0.505 e. The van der Waals surface area contributed by atoms with Crippen LogP contribution in [-0.2, 0) is 13.5 Å². The summed E-state index contributed by atoms with van der Waals surface area (Å²) in [6.45, 7) is -0.388. The van der Waals surface area contributed by atoms with Crippen molar-refractivity contribution in [1.82, 2.24) is 19.8 Å². The highest BCUT2D eigenvalue weighted by atomic mass is 19.1. The van der Waals surface area contributed by atoms with Gasteiger partial charge in [0, 0.05) is 39.4 Å². The Kier molecular flexibility index (Phi) is 6.54. The molecule has 0 saturated carbocycles. The van der Waals surface area contributed by atoms with Gasteiger partial charge in [-0.15, -0.1) is 0 Å². The molecule has 0 unspecified atom stereocenters. The third kappa shape index (κ3) is 4.30. The monoisotopic (exact) mass is 442 g/mol. The predicted molar refractivity (Wildman–Crippen MR) is 115 cm³/mol. The lowest BCUT2D eigenvalue weighted by atomic mass is 9.99. The molecule has 3 N–H and O–H groups in total. The maximum atomic E-state index is 13.7. The largest absolute Gasteiger partial charge is 0.505 e. The predicted octanol–water partition coefficient (Wildman–Crippen LogP) is 0.793. The van der Waals surface area contributed by atoms with Crippen molar-refractivity contribution >= 4 is 22.8 Å². The van der Waals surface area contributed by atoms with Crippen LogP contribution in [0, 0.1) is 5.82 Å². The molecule has 168 valence electrons. The molecular weight excluding hydrogens is 419 g/mol. The molecule has 2 heterocycles. The Labute approximate surface area is 182 Å². The zero-order valence-electron chi connectivity index (χ0n) is 17.8. The third-order valence-electron chi connectivity index (χ3n) is 4.99. The molecule has 0 radical (unpaired) electrons. The molecule has 2 amide bonds. The second-order valence-corrected chi connectivity index (χ2v) is 7.46. The van der Waals surface area contributed by atoms with Crippen molar-refractivity contribution in [2.45, 2.75) is 6.42 Å². The smallest absolute Gasteiger partial charge is 0.267 e. The number of rotatable bonds is 6. The molecule has 2 aromatic heterocycles. The van der Waals surface area contributed by atoms with Gasteiger partial charge in [-0.2, -0.15) is 0 Å². The summed E-state index contributed by atoms with van der Waals surface area (Å²) < 4.78 is 14.9. The van der Waals surface area contributed by atoms with Crippen LogP contribution in [0.5, 0.6) is 5.75 Å². The van der Waals surface area contributed by atoms with E-state index in [1.54, 1.807) is 20.2 Å². The van der Waals surface area contributed by atoms with Crippen LogP contribution >= 0.6 is 0 Å². The number of aliphatic hydroxyl groups is 1. The number of halogens is 1. The summed E-state index contributed by atoms with van der Waals surface area (Å²) in [5.41, 5.74) is 0.535. The number of benzene rings is 1. The Balaban J connectivity index is 2.07. The van der Waals surface area contributed by atoms with Crippen LogP contribution in [0.4, 0.5) is 4.39 Å². The average molecular weight is 442 g/mol. The van der Waals surface area contributed by atoms with Gasteiger partial charge in [-0.1, -0.05) is 6.07 Å². The van der Waals surface area contributed by atoms with Gasteiger partial charge in [0.05, 0.1) is 12.1 Å². The Hall–Kier alpha value is -3.79. The first-order valence-corrected chi connectivity index (χ1v) is 9.75. The lowest BCUT2D eigenvalue weighted by Gasteiger charge is -2.15. The van der Waals surface area contributed by atoms with Gasteiger partial charge in [-0.3, -0.25) is 19.4 Å². The normalized spacial score (nSPS) is 10.9. The van der Waals surface area contributed by atoms with E-state index in [1.165, 1.54) is 40.9 Å². The fourth-order valence-electron chi connectivity index (χ4n) is 3.35. The Morgan fingerprint density at radius 2 is 1.97 bits per heavy atom. The van der Waals surface area contributed by atoms with E-state index in [9.17, 15) is 23.9 Å². The van der Waals surface area contributed by atoms with E-state index < -0.39 is 28.6 Å². The summed E-state index contributed by atoms with van der Waals surface area (Å²) in [6, 6.07) is 5.56. The first-order chi connectivity index (χ1) is 15.1. The van der Waals surface area contributed by atoms with Gasteiger partial charge in [0.1, 0.15) is 16.9 Å². The molecule has 3 rings (SSSR count). The van der Waals surface area contributed by atoms with Crippen molar-refractivity contribution in [3.05, 3.63) is 68.9 Å². The number of hydrogen-bond donors (Lipinski definition) is 3. The summed E-state index contributed by atoms with van der Waals surface area (Å²) in [7, 11) is 4.58. The Bertz CT molecular complexity index is 1270. The lowest BCUT2D eigenvalue weighted by Crippen LogP contribution is -2.34. The number of nitrogens with one attached hydrogen (secondary N) is 1. The highest BCUT2D eigenvalue weighted by Gasteiger charge is 2.22. The van der Waals surface area contributed by atoms with Gasteiger partial charge in [0.2, 0.25) is 0 Å². The van der Waals surface area contributed by atoms with E-state index in [4.69, 9.17) is 5.11 Å². The number of carbonyl (C=O) groups is 2. The maximum absolute atomic E-state index is 13.7. The number of hydrogen-bond acceptors (Lipinski definition) is 6. The maximum Gasteiger partial charge on any atom is 0.267 e. The van der Waals surface area contributed by atoms with Crippen LogP contribution in [0.3, 0.4) is 0 Å². The first-order valence-electron chi connectivity index (χ1n) is 9.75. The Morgan fingerprint density at radius 1 is 1.25 bits per heavy atom. The number of fused-ring (bicyclic) bond motifs is 1. The van der Waals surface area contributed by atoms with Crippen LogP contribution in [0.1, 0.15) is 31.8 Å². The highest BCUT2D eigenvalue weighted by Crippen LogP contribution is 2.26. The minimum atomic E-state index is -0.817. The minimum absolute atomic E-state index is 0.0497. The number of aromatic hydroxyl groups is 1. The molecule has 0 spiro atoms. The molecule has 9 nitrogen and oxygen atoms in total. The number of aliphatic hydroxyl groups excluding tert-OH is 1. The first kappa shape index (κ1) is 22.9. The van der Waals surface area contributed by atoms with Crippen LogP contribution in [-0.4, -0.2) is 63.7 Å². The Morgan fingerprint density at radius 3 is 2.62 bits per heavy atom. The SMILES string of the molecule is CN(C)C(=O)c1cc(F)ccc1Cc1cnc2c(O)c(C(=O)NCCO)c(=O)n(C)c2c1. The second-order valence-electron chi connectivity index (χ2n) is 7.46. The molecule has 32 heavy (non-hydrogen) atoms. The molecular formula is C22H23FN4O5. The number of aryl methyl sites for hydroxylation is 1. The summed E-state index contributed by atoms with van der Waals surface area (Å²) in [4.78, 5) is 43.0. The zero-order valence-corrected chi connectivity index (χ0v) is 17.8. The summed E-state index contributed by atoms with van der Waals surface area (Å²) in [5, 5.41) is 21.7. The topological polar surface area (TPSA) is 125 Å². The van der Waals surface area contributed by atoms with Gasteiger partial charge in [-0.25, -0.2) is 4.39 Å². The molecule has 0 aliphatic rings. The van der Waals surface area contributed by atoms with Gasteiger partial charge < -0.3 is 25.0 Å². The molecule has 10 heteroatoms. The molecule has 0 saturated heterocycles. The third-order valence-corrected chi connectivity index (χ3v) is 4.99. The van der Waals surface area contributed by atoms with E-state index in [0.717, 1.165) is 0 Å². The van der Waals surface area contributed by atoms with E-state index in [0.29, 0.717) is 11.1 Å². The standard InChI is InChI=1S/C22H23FN4O5/c1-26(2)21(31)15-10-14(23)5-4-13(15)8-12-9-16-18(25-11-12)19(29)17(22(32)27(16)3)20(30)24-6-7-28/h4-5,9-11,28-29H,6-8H2,1-3H3,(H,24,30). The summed E-state index contributed by atoms with van der Waals surface area (Å²) in [6.07, 6.45) is 1.68. The van der Waals surface area contributed by atoms with Crippen molar-refractivity contribution in [2.24, 2.45) is 7.05 Å². The molecule has 0 bridgehead atoms. The van der Waals surface area contributed by atoms with Crippen molar-refractivity contribution in [3.8, 4) is 5.75 Å². The van der Waals surface area contributed by atoms with Crippen molar-refractivity contribution < 1.29 is 24.2 Å². The fraction of sp³-hybridized carbons (Fsp3) is 0.273. The number of pyridine rings is 2. The van der Waals surface area contributed by atoms with Gasteiger partial charge in [-0.05, 0) is 35.7 Å². The van der Waals surface area contributed by atoms with Gasteiger partial charge >= 0.3 is 0 Å². The van der Waals surface area contributed by atoms with Crippen molar-refractivity contribution in [3.63, 3.8) is 0 Å². The van der Waals surface area contributed by atoms with E-state index in [2.05, 4.69) is 10.3 Å². The van der Waals surface area contributed by atoms with Gasteiger partial charge in [0.25, 0.3) is 17.4 Å². The van der Waals surface area contributed by atoms with Crippen LogP contribution in [0.25, 0.3) is 11.0 Å². The summed E-state index contributed by atoms with van der Waals surface area (Å²) >= 11 is 0. The fourth-order valence-corrected chi connectivity index (χ4v) is 3.35. The van der Waals surface area contributed by atoms with Crippen molar-refractivity contribution in [2.75, 3.05) is 27.2 Å². The highest BCUT2D eigenvalue weighted by molar-refractivity contribution is 6.01. The van der Waals surface area contributed by atoms with E-state index in [-0.39, 0.29) is 42.1 Å². The quantitative estimate of drug-likeness (QED) is 0.519. The number of amides is 2. The van der Waals surface area contributed by atoms with E-state index in [1.807, 2.05) is 0 Å². The number of nitrogens with zero attached hydrogens (tertiary/aromatic N) is 3. The van der Waals surface area contributed by atoms with Gasteiger partial charge in [0.15, 0.2) is 5.75 Å². The number of aromatic nitrogens is 2. The van der Waals surface area contributed by atoms with Crippen LogP contribution in [0.2, 0.25) is 0 Å². The molecule has 0 fully saturated rings. The molecule has 3 aromatic rings.